The molecular weight excluding hydrogens is 621 g/mol. The molecule has 0 radical (unpaired) electrons. The molecule has 6 heteroatoms. The Morgan fingerprint density at radius 3 is 2.37 bits per heavy atom. The highest BCUT2D eigenvalue weighted by Crippen LogP contribution is 2.35. The number of ether oxygens (including phenoxy) is 1. The quantitative estimate of drug-likeness (QED) is 0.127. The lowest BCUT2D eigenvalue weighted by Crippen LogP contribution is -2.07. The fraction of sp³-hybridized carbons (Fsp3) is 0.542. The van der Waals surface area contributed by atoms with Crippen molar-refractivity contribution in [3.05, 3.63) is 56.9 Å². The minimum absolute atomic E-state index is 0.0895. The third-order valence-electron chi connectivity index (χ3n) is 5.04. The first-order valence-electron chi connectivity index (χ1n) is 10.9. The minimum atomic E-state index is -0.576. The number of aliphatic hydroxyl groups excluding tert-OH is 1. The zero-order valence-electron chi connectivity index (χ0n) is 17.6. The molecular formula is C24H32Br2INO2. The van der Waals surface area contributed by atoms with E-state index in [0.717, 1.165) is 32.7 Å². The highest BCUT2D eigenvalue weighted by molar-refractivity contribution is 14.1. The molecule has 1 aromatic carbocycles. The van der Waals surface area contributed by atoms with Gasteiger partial charge in [0, 0.05) is 15.7 Å². The van der Waals surface area contributed by atoms with Gasteiger partial charge in [-0.2, -0.15) is 0 Å². The monoisotopic (exact) mass is 651 g/mol. The van der Waals surface area contributed by atoms with Gasteiger partial charge in [0.05, 0.1) is 12.7 Å². The minimum Gasteiger partial charge on any atom is -0.492 e. The molecule has 30 heavy (non-hydrogen) atoms. The van der Waals surface area contributed by atoms with Crippen LogP contribution in [0.25, 0.3) is 0 Å². The average Bonchev–Trinajstić information content (AvgIpc) is 2.73. The van der Waals surface area contributed by atoms with Crippen LogP contribution in [0.1, 0.15) is 85.1 Å². The molecule has 0 bridgehead atoms. The summed E-state index contributed by atoms with van der Waals surface area (Å²) < 4.78 is 7.04. The Morgan fingerprint density at radius 2 is 1.70 bits per heavy atom. The number of aliphatic hydroxyl groups is 1. The van der Waals surface area contributed by atoms with Crippen LogP contribution in [-0.4, -0.2) is 16.7 Å². The number of unbranched alkanes of at least 4 members (excludes halogenated alkanes) is 7. The first kappa shape index (κ1) is 26.1. The lowest BCUT2D eigenvalue weighted by atomic mass is 10.0. The van der Waals surface area contributed by atoms with E-state index in [1.807, 2.05) is 36.4 Å². The summed E-state index contributed by atoms with van der Waals surface area (Å²) in [6.07, 6.45) is 10.2. The van der Waals surface area contributed by atoms with E-state index < -0.39 is 6.10 Å². The normalized spacial score (nSPS) is 12.3. The first-order chi connectivity index (χ1) is 14.5. The summed E-state index contributed by atoms with van der Waals surface area (Å²) in [5, 5.41) is 10.6. The third kappa shape index (κ3) is 9.53. The van der Waals surface area contributed by atoms with Crippen molar-refractivity contribution in [1.29, 1.82) is 0 Å². The van der Waals surface area contributed by atoms with Gasteiger partial charge in [-0.05, 0) is 58.8 Å². The number of nitrogens with zero attached hydrogens (tertiary/aromatic N) is 1. The predicted molar refractivity (Wildman–Crippen MR) is 141 cm³/mol. The molecule has 0 saturated heterocycles. The summed E-state index contributed by atoms with van der Waals surface area (Å²) in [4.78, 5) is 4.74. The largest absolute Gasteiger partial charge is 0.492 e. The van der Waals surface area contributed by atoms with Gasteiger partial charge in [-0.1, -0.05) is 95.9 Å². The number of halogens is 3. The van der Waals surface area contributed by atoms with Gasteiger partial charge < -0.3 is 9.84 Å². The number of rotatable bonds is 14. The Labute approximate surface area is 211 Å². The summed E-state index contributed by atoms with van der Waals surface area (Å²) in [5.41, 5.74) is 2.58. The van der Waals surface area contributed by atoms with Gasteiger partial charge in [0.25, 0.3) is 0 Å². The number of hydrogen-bond acceptors (Lipinski definition) is 3. The molecule has 3 nitrogen and oxygen atoms in total. The van der Waals surface area contributed by atoms with Crippen LogP contribution >= 0.6 is 54.5 Å². The van der Waals surface area contributed by atoms with Gasteiger partial charge in [0.2, 0.25) is 0 Å². The van der Waals surface area contributed by atoms with Crippen molar-refractivity contribution in [2.24, 2.45) is 0 Å². The van der Waals surface area contributed by atoms with E-state index in [4.69, 9.17) is 9.72 Å². The lowest BCUT2D eigenvalue weighted by Gasteiger charge is -2.15. The van der Waals surface area contributed by atoms with E-state index >= 15 is 0 Å². The van der Waals surface area contributed by atoms with Gasteiger partial charge in [0.15, 0.2) is 0 Å². The fourth-order valence-corrected chi connectivity index (χ4v) is 4.57. The highest BCUT2D eigenvalue weighted by atomic mass is 127. The van der Waals surface area contributed by atoms with Crippen LogP contribution in [0.5, 0.6) is 5.75 Å². The summed E-state index contributed by atoms with van der Waals surface area (Å²) in [5.74, 6) is 0.796. The Bertz CT molecular complexity index is 758. The van der Waals surface area contributed by atoms with E-state index in [1.165, 1.54) is 44.9 Å². The SMILES string of the molecule is CCCCCCCCCCOc1ccc(CC(O)c2cccc(I)c2)nc1C(Br)Br. The maximum Gasteiger partial charge on any atom is 0.142 e. The van der Waals surface area contributed by atoms with E-state index in [0.29, 0.717) is 13.0 Å². The predicted octanol–water partition coefficient (Wildman–Crippen LogP) is 8.27. The van der Waals surface area contributed by atoms with Gasteiger partial charge >= 0.3 is 0 Å². The zero-order chi connectivity index (χ0) is 21.8. The Kier molecular flexibility index (Phi) is 12.9. The first-order valence-corrected chi connectivity index (χ1v) is 13.8. The fourth-order valence-electron chi connectivity index (χ4n) is 3.34. The third-order valence-corrected chi connectivity index (χ3v) is 6.58. The molecule has 0 amide bonds. The second-order valence-electron chi connectivity index (χ2n) is 7.58. The maximum absolute atomic E-state index is 10.6. The molecule has 0 saturated carbocycles. The molecule has 0 fully saturated rings. The summed E-state index contributed by atoms with van der Waals surface area (Å²) in [6.45, 7) is 2.96. The van der Waals surface area contributed by atoms with E-state index in [9.17, 15) is 5.11 Å². The second-order valence-corrected chi connectivity index (χ2v) is 11.9. The summed E-state index contributed by atoms with van der Waals surface area (Å²) in [7, 11) is 0. The van der Waals surface area contributed by atoms with Crippen LogP contribution in [0, 0.1) is 3.57 Å². The number of alkyl halides is 2. The standard InChI is InChI=1S/C24H32Br2INO2/c1-2-3-4-5-6-7-8-9-15-30-22-14-13-20(28-23(22)24(25)26)17-21(29)18-11-10-12-19(27)16-18/h10-14,16,21,24,29H,2-9,15,17H2,1H3. The van der Waals surface area contributed by atoms with Crippen LogP contribution in [0.2, 0.25) is 0 Å². The number of pyridine rings is 1. The number of hydrogen-bond donors (Lipinski definition) is 1. The number of aromatic nitrogens is 1. The number of benzene rings is 1. The van der Waals surface area contributed by atoms with Crippen molar-refractivity contribution in [3.8, 4) is 5.75 Å². The molecule has 0 spiro atoms. The average molecular weight is 653 g/mol. The Morgan fingerprint density at radius 1 is 1.00 bits per heavy atom. The van der Waals surface area contributed by atoms with Crippen molar-refractivity contribution in [1.82, 2.24) is 4.98 Å². The van der Waals surface area contributed by atoms with Crippen molar-refractivity contribution in [3.63, 3.8) is 0 Å². The zero-order valence-corrected chi connectivity index (χ0v) is 23.0. The van der Waals surface area contributed by atoms with Gasteiger partial charge in [-0.25, -0.2) is 0 Å². The van der Waals surface area contributed by atoms with Crippen molar-refractivity contribution in [2.75, 3.05) is 6.61 Å². The molecule has 166 valence electrons. The molecule has 1 heterocycles. The van der Waals surface area contributed by atoms with Crippen LogP contribution in [0.3, 0.4) is 0 Å². The molecule has 1 aromatic heterocycles. The van der Waals surface area contributed by atoms with Crippen LogP contribution < -0.4 is 4.74 Å². The molecule has 0 aliphatic rings. The molecule has 1 N–H and O–H groups in total. The smallest absolute Gasteiger partial charge is 0.142 e. The maximum atomic E-state index is 10.6. The molecule has 2 rings (SSSR count). The summed E-state index contributed by atoms with van der Waals surface area (Å²) in [6, 6.07) is 11.9. The van der Waals surface area contributed by atoms with Crippen LogP contribution in [0.4, 0.5) is 0 Å². The van der Waals surface area contributed by atoms with E-state index in [1.54, 1.807) is 0 Å². The molecule has 1 atom stereocenters. The van der Waals surface area contributed by atoms with Gasteiger partial charge in [-0.15, -0.1) is 0 Å². The molecule has 2 aromatic rings. The second kappa shape index (κ2) is 14.8. The van der Waals surface area contributed by atoms with Crippen molar-refractivity contribution in [2.45, 2.75) is 74.6 Å². The van der Waals surface area contributed by atoms with Gasteiger partial charge in [0.1, 0.15) is 15.2 Å². The van der Waals surface area contributed by atoms with Crippen molar-refractivity contribution >= 4 is 54.5 Å². The van der Waals surface area contributed by atoms with E-state index in [2.05, 4.69) is 61.4 Å². The highest BCUT2D eigenvalue weighted by Gasteiger charge is 2.16. The topological polar surface area (TPSA) is 42.4 Å². The Balaban J connectivity index is 1.84. The summed E-state index contributed by atoms with van der Waals surface area (Å²) >= 11 is 9.39. The molecule has 1 unspecified atom stereocenters. The van der Waals surface area contributed by atoms with Crippen LogP contribution in [-0.2, 0) is 6.42 Å². The van der Waals surface area contributed by atoms with Gasteiger partial charge in [-0.3, -0.25) is 4.98 Å². The van der Waals surface area contributed by atoms with Crippen molar-refractivity contribution < 1.29 is 9.84 Å². The van der Waals surface area contributed by atoms with Crippen LogP contribution in [0.15, 0.2) is 36.4 Å². The van der Waals surface area contributed by atoms with E-state index in [-0.39, 0.29) is 3.74 Å². The molecule has 0 aliphatic heterocycles. The molecule has 0 aliphatic carbocycles. The lowest BCUT2D eigenvalue weighted by molar-refractivity contribution is 0.177. The Hall–Kier alpha value is -0.180.